The van der Waals surface area contributed by atoms with Gasteiger partial charge < -0.3 is 9.47 Å². The Balaban J connectivity index is 2.03. The molecule has 0 amide bonds. The van der Waals surface area contributed by atoms with Crippen LogP contribution in [0.4, 0.5) is 8.78 Å². The standard InChI is InChI=1S/C28H28F2N2O4S/c1-5-7-8-9-23(33)36-26-16(3)31-32(4)28(34)25(26)24-20-13-11-18(30)15-22(20)37-27(24)19-12-10-17(29)14-21(19)35-6-2/h10-15H,5-9H2,1-4H3. The third-order valence-corrected chi connectivity index (χ3v) is 7.14. The number of ether oxygens (including phenoxy) is 2. The molecular formula is C28H28F2N2O4S. The molecule has 37 heavy (non-hydrogen) atoms. The number of fused-ring (bicyclic) bond motifs is 1. The molecular weight excluding hydrogens is 498 g/mol. The van der Waals surface area contributed by atoms with E-state index >= 15 is 0 Å². The van der Waals surface area contributed by atoms with Crippen molar-refractivity contribution in [3.05, 3.63) is 64.1 Å². The first-order valence-corrected chi connectivity index (χ1v) is 13.0. The summed E-state index contributed by atoms with van der Waals surface area (Å²) < 4.78 is 41.6. The molecule has 0 unspecified atom stereocenters. The SMILES string of the molecule is CCCCCC(=O)Oc1c(C)nn(C)c(=O)c1-c1c(-c2ccc(F)cc2OCC)sc2cc(F)ccc12. The number of benzene rings is 2. The van der Waals surface area contributed by atoms with Crippen LogP contribution in [-0.2, 0) is 11.8 Å². The summed E-state index contributed by atoms with van der Waals surface area (Å²) in [5.74, 6) is -1.01. The van der Waals surface area contributed by atoms with Crippen molar-refractivity contribution in [2.45, 2.75) is 46.5 Å². The number of unbranched alkanes of at least 4 members (excludes halogenated alkanes) is 2. The number of nitrogens with zero attached hydrogens (tertiary/aromatic N) is 2. The fourth-order valence-electron chi connectivity index (χ4n) is 4.25. The lowest BCUT2D eigenvalue weighted by molar-refractivity contribution is -0.134. The van der Waals surface area contributed by atoms with E-state index in [1.165, 1.54) is 47.3 Å². The molecule has 2 aromatic heterocycles. The maximum Gasteiger partial charge on any atom is 0.311 e. The average Bonchev–Trinajstić information content (AvgIpc) is 3.21. The van der Waals surface area contributed by atoms with E-state index in [4.69, 9.17) is 9.47 Å². The summed E-state index contributed by atoms with van der Waals surface area (Å²) in [5, 5.41) is 4.84. The first-order valence-electron chi connectivity index (χ1n) is 12.2. The Kier molecular flexibility index (Phi) is 8.02. The molecule has 0 radical (unpaired) electrons. The second-order valence-electron chi connectivity index (χ2n) is 8.67. The van der Waals surface area contributed by atoms with Crippen LogP contribution in [0.25, 0.3) is 31.7 Å². The second kappa shape index (κ2) is 11.2. The molecule has 4 aromatic rings. The molecule has 0 aliphatic carbocycles. The lowest BCUT2D eigenvalue weighted by atomic mass is 9.98. The third-order valence-electron chi connectivity index (χ3n) is 5.95. The summed E-state index contributed by atoms with van der Waals surface area (Å²) in [5.41, 5.74) is 1.01. The van der Waals surface area contributed by atoms with E-state index in [0.29, 0.717) is 44.8 Å². The van der Waals surface area contributed by atoms with Gasteiger partial charge in [-0.3, -0.25) is 9.59 Å². The van der Waals surface area contributed by atoms with Crippen LogP contribution in [0.3, 0.4) is 0 Å². The van der Waals surface area contributed by atoms with Crippen LogP contribution in [0.2, 0.25) is 0 Å². The first-order chi connectivity index (χ1) is 17.7. The molecule has 2 aromatic carbocycles. The van der Waals surface area contributed by atoms with Crippen LogP contribution in [0.5, 0.6) is 11.5 Å². The molecule has 4 rings (SSSR count). The monoisotopic (exact) mass is 526 g/mol. The van der Waals surface area contributed by atoms with Gasteiger partial charge in [0.05, 0.1) is 12.2 Å². The quantitative estimate of drug-likeness (QED) is 0.177. The van der Waals surface area contributed by atoms with Crippen molar-refractivity contribution in [2.75, 3.05) is 6.61 Å². The van der Waals surface area contributed by atoms with Crippen molar-refractivity contribution < 1.29 is 23.0 Å². The summed E-state index contributed by atoms with van der Waals surface area (Å²) in [6.07, 6.45) is 2.70. The van der Waals surface area contributed by atoms with E-state index in [1.54, 1.807) is 26.0 Å². The van der Waals surface area contributed by atoms with Gasteiger partial charge >= 0.3 is 5.97 Å². The van der Waals surface area contributed by atoms with E-state index < -0.39 is 23.2 Å². The van der Waals surface area contributed by atoms with Gasteiger partial charge in [0.2, 0.25) is 0 Å². The van der Waals surface area contributed by atoms with Crippen LogP contribution >= 0.6 is 11.3 Å². The van der Waals surface area contributed by atoms with Crippen molar-refractivity contribution in [2.24, 2.45) is 7.05 Å². The normalized spacial score (nSPS) is 11.2. The zero-order valence-electron chi connectivity index (χ0n) is 21.2. The molecule has 0 aliphatic rings. The molecule has 0 saturated carbocycles. The largest absolute Gasteiger partial charge is 0.493 e. The lowest BCUT2D eigenvalue weighted by Crippen LogP contribution is -2.25. The molecule has 9 heteroatoms. The Hall–Kier alpha value is -3.59. The van der Waals surface area contributed by atoms with Crippen molar-refractivity contribution in [1.82, 2.24) is 9.78 Å². The number of carbonyl (C=O) groups excluding carboxylic acids is 1. The van der Waals surface area contributed by atoms with E-state index in [-0.39, 0.29) is 23.5 Å². The Morgan fingerprint density at radius 2 is 1.78 bits per heavy atom. The summed E-state index contributed by atoms with van der Waals surface area (Å²) in [6, 6.07) is 8.43. The van der Waals surface area contributed by atoms with Gasteiger partial charge in [-0.05, 0) is 50.6 Å². The maximum absolute atomic E-state index is 14.2. The molecule has 0 spiro atoms. The van der Waals surface area contributed by atoms with Crippen molar-refractivity contribution in [3.8, 4) is 33.1 Å². The number of esters is 1. The number of hydrogen-bond acceptors (Lipinski definition) is 6. The molecule has 0 aliphatic heterocycles. The van der Waals surface area contributed by atoms with Gasteiger partial charge in [0, 0.05) is 45.6 Å². The Morgan fingerprint density at radius 1 is 1.05 bits per heavy atom. The Morgan fingerprint density at radius 3 is 2.51 bits per heavy atom. The summed E-state index contributed by atoms with van der Waals surface area (Å²) >= 11 is 1.25. The summed E-state index contributed by atoms with van der Waals surface area (Å²) in [7, 11) is 1.52. The molecule has 0 saturated heterocycles. The van der Waals surface area contributed by atoms with E-state index in [0.717, 1.165) is 12.8 Å². The van der Waals surface area contributed by atoms with Gasteiger partial charge in [-0.25, -0.2) is 13.5 Å². The number of halogens is 2. The van der Waals surface area contributed by atoms with Gasteiger partial charge in [-0.15, -0.1) is 11.3 Å². The zero-order valence-corrected chi connectivity index (χ0v) is 22.0. The molecule has 0 atom stereocenters. The second-order valence-corrected chi connectivity index (χ2v) is 9.72. The predicted octanol–water partition coefficient (Wildman–Crippen LogP) is 6.80. The zero-order chi connectivity index (χ0) is 26.7. The highest BCUT2D eigenvalue weighted by atomic mass is 32.1. The number of carbonyl (C=O) groups is 1. The highest BCUT2D eigenvalue weighted by Gasteiger charge is 2.27. The Bertz CT molecular complexity index is 1530. The predicted molar refractivity (Wildman–Crippen MR) is 141 cm³/mol. The Labute approximate surface area is 217 Å². The van der Waals surface area contributed by atoms with Crippen molar-refractivity contribution in [1.29, 1.82) is 0 Å². The number of aryl methyl sites for hydroxylation is 2. The number of thiophene rings is 1. The highest BCUT2D eigenvalue weighted by Crippen LogP contribution is 2.49. The van der Waals surface area contributed by atoms with Crippen LogP contribution in [0.15, 0.2) is 41.2 Å². The molecule has 6 nitrogen and oxygen atoms in total. The van der Waals surface area contributed by atoms with Gasteiger partial charge in [-0.2, -0.15) is 5.10 Å². The number of aromatic nitrogens is 2. The molecule has 194 valence electrons. The summed E-state index contributed by atoms with van der Waals surface area (Å²) in [6.45, 7) is 5.78. The average molecular weight is 527 g/mol. The minimum atomic E-state index is -0.479. The smallest absolute Gasteiger partial charge is 0.311 e. The molecule has 0 bridgehead atoms. The van der Waals surface area contributed by atoms with Crippen LogP contribution in [0, 0.1) is 18.6 Å². The highest BCUT2D eigenvalue weighted by molar-refractivity contribution is 7.23. The van der Waals surface area contributed by atoms with Gasteiger partial charge in [0.15, 0.2) is 5.75 Å². The van der Waals surface area contributed by atoms with E-state index in [9.17, 15) is 18.4 Å². The summed E-state index contributed by atoms with van der Waals surface area (Å²) in [4.78, 5) is 26.9. The number of hydrogen-bond donors (Lipinski definition) is 0. The van der Waals surface area contributed by atoms with Gasteiger partial charge in [0.25, 0.3) is 5.56 Å². The van der Waals surface area contributed by atoms with Gasteiger partial charge in [0.1, 0.15) is 23.1 Å². The minimum Gasteiger partial charge on any atom is -0.493 e. The fraction of sp³-hybridized carbons (Fsp3) is 0.321. The topological polar surface area (TPSA) is 70.4 Å². The van der Waals surface area contributed by atoms with Crippen molar-refractivity contribution >= 4 is 27.4 Å². The lowest BCUT2D eigenvalue weighted by Gasteiger charge is -2.16. The van der Waals surface area contributed by atoms with Gasteiger partial charge in [-0.1, -0.05) is 19.8 Å². The van der Waals surface area contributed by atoms with E-state index in [1.807, 2.05) is 6.92 Å². The third kappa shape index (κ3) is 5.41. The number of rotatable bonds is 9. The van der Waals surface area contributed by atoms with Crippen molar-refractivity contribution in [3.63, 3.8) is 0 Å². The molecule has 0 fully saturated rings. The van der Waals surface area contributed by atoms with Crippen LogP contribution < -0.4 is 15.0 Å². The van der Waals surface area contributed by atoms with Crippen LogP contribution in [0.1, 0.15) is 45.2 Å². The molecule has 0 N–H and O–H groups in total. The first kappa shape index (κ1) is 26.5. The fourth-order valence-corrected chi connectivity index (χ4v) is 5.52. The van der Waals surface area contributed by atoms with Crippen LogP contribution in [-0.4, -0.2) is 22.4 Å². The maximum atomic E-state index is 14.2. The minimum absolute atomic E-state index is 0.0648. The van der Waals surface area contributed by atoms with E-state index in [2.05, 4.69) is 5.10 Å². The molecule has 2 heterocycles.